The van der Waals surface area contributed by atoms with Gasteiger partial charge in [0.05, 0.1) is 12.1 Å². The lowest BCUT2D eigenvalue weighted by molar-refractivity contribution is -0.141. The molecule has 2 aromatic rings. The molecule has 0 fully saturated rings. The van der Waals surface area contributed by atoms with Gasteiger partial charge in [-0.1, -0.05) is 35.3 Å². The number of ether oxygens (including phenoxy) is 1. The lowest BCUT2D eigenvalue weighted by Gasteiger charge is -2.18. The normalized spacial score (nSPS) is 11.8. The minimum atomic E-state index is -0.625. The molecule has 1 atom stereocenters. The molecule has 0 aliphatic rings. The van der Waals surface area contributed by atoms with Crippen LogP contribution in [-0.4, -0.2) is 13.1 Å². The topological polar surface area (TPSA) is 38.3 Å². The molecule has 0 aliphatic carbocycles. The Morgan fingerprint density at radius 1 is 1.19 bits per heavy atom. The third kappa shape index (κ3) is 4.13. The average molecular weight is 389 g/mol. The van der Waals surface area contributed by atoms with E-state index >= 15 is 0 Å². The van der Waals surface area contributed by atoms with Gasteiger partial charge < -0.3 is 10.1 Å². The first-order valence-electron chi connectivity index (χ1n) is 6.06. The van der Waals surface area contributed by atoms with E-state index in [9.17, 15) is 4.79 Å². The standard InChI is InChI=1S/C15H12BrCl2NO2/c1-21-15(20)14(9-2-4-10(17)5-3-9)19-11-6-7-13(18)12(16)8-11/h2-8,14,19H,1H3. The first kappa shape index (κ1) is 16.1. The van der Waals surface area contributed by atoms with Crippen molar-refractivity contribution in [1.82, 2.24) is 0 Å². The van der Waals surface area contributed by atoms with Crippen LogP contribution < -0.4 is 5.32 Å². The minimum Gasteiger partial charge on any atom is -0.467 e. The fourth-order valence-electron chi connectivity index (χ4n) is 1.80. The first-order chi connectivity index (χ1) is 10.0. The van der Waals surface area contributed by atoms with Crippen LogP contribution in [0.4, 0.5) is 5.69 Å². The number of methoxy groups -OCH3 is 1. The van der Waals surface area contributed by atoms with E-state index in [0.717, 1.165) is 15.7 Å². The van der Waals surface area contributed by atoms with Gasteiger partial charge >= 0.3 is 5.97 Å². The molecule has 1 unspecified atom stereocenters. The van der Waals surface area contributed by atoms with Crippen LogP contribution >= 0.6 is 39.1 Å². The number of hydrogen-bond donors (Lipinski definition) is 1. The van der Waals surface area contributed by atoms with Crippen molar-refractivity contribution in [2.24, 2.45) is 0 Å². The molecule has 0 saturated heterocycles. The molecule has 2 aromatic carbocycles. The van der Waals surface area contributed by atoms with Crippen molar-refractivity contribution in [2.45, 2.75) is 6.04 Å². The highest BCUT2D eigenvalue weighted by atomic mass is 79.9. The Labute approximate surface area is 141 Å². The van der Waals surface area contributed by atoms with Crippen molar-refractivity contribution in [3.05, 3.63) is 62.5 Å². The average Bonchev–Trinajstić information content (AvgIpc) is 2.48. The van der Waals surface area contributed by atoms with E-state index in [-0.39, 0.29) is 5.97 Å². The van der Waals surface area contributed by atoms with Gasteiger partial charge in [-0.2, -0.15) is 0 Å². The van der Waals surface area contributed by atoms with Crippen molar-refractivity contribution in [1.29, 1.82) is 0 Å². The van der Waals surface area contributed by atoms with Gasteiger partial charge in [0, 0.05) is 15.2 Å². The summed E-state index contributed by atoms with van der Waals surface area (Å²) >= 11 is 15.2. The van der Waals surface area contributed by atoms with Crippen LogP contribution in [0.1, 0.15) is 11.6 Å². The number of carbonyl (C=O) groups is 1. The van der Waals surface area contributed by atoms with Gasteiger partial charge in [0.1, 0.15) is 0 Å². The third-order valence-electron chi connectivity index (χ3n) is 2.87. The second-order valence-corrected chi connectivity index (χ2v) is 5.98. The predicted octanol–water partition coefficient (Wildman–Crippen LogP) is 5.08. The molecule has 110 valence electrons. The molecule has 0 aliphatic heterocycles. The van der Waals surface area contributed by atoms with E-state index in [1.54, 1.807) is 42.5 Å². The van der Waals surface area contributed by atoms with Crippen molar-refractivity contribution >= 4 is 50.8 Å². The Morgan fingerprint density at radius 3 is 2.43 bits per heavy atom. The molecule has 6 heteroatoms. The maximum Gasteiger partial charge on any atom is 0.332 e. The monoisotopic (exact) mass is 387 g/mol. The molecule has 21 heavy (non-hydrogen) atoms. The van der Waals surface area contributed by atoms with Gasteiger partial charge in [-0.3, -0.25) is 0 Å². The third-order valence-corrected chi connectivity index (χ3v) is 4.34. The summed E-state index contributed by atoms with van der Waals surface area (Å²) in [6.07, 6.45) is 0. The zero-order chi connectivity index (χ0) is 15.4. The van der Waals surface area contributed by atoms with Crippen LogP contribution in [0, 0.1) is 0 Å². The van der Waals surface area contributed by atoms with Gasteiger partial charge in [0.15, 0.2) is 6.04 Å². The second-order valence-electron chi connectivity index (χ2n) is 4.28. The lowest BCUT2D eigenvalue weighted by atomic mass is 10.1. The van der Waals surface area contributed by atoms with E-state index in [2.05, 4.69) is 21.2 Å². The fraction of sp³-hybridized carbons (Fsp3) is 0.133. The number of esters is 1. The molecule has 1 N–H and O–H groups in total. The van der Waals surface area contributed by atoms with Crippen LogP contribution in [0.2, 0.25) is 10.0 Å². The molecular weight excluding hydrogens is 377 g/mol. The summed E-state index contributed by atoms with van der Waals surface area (Å²) in [5, 5.41) is 4.33. The molecule has 2 rings (SSSR count). The van der Waals surface area contributed by atoms with E-state index in [1.807, 2.05) is 0 Å². The van der Waals surface area contributed by atoms with Gasteiger partial charge in [0.2, 0.25) is 0 Å². The molecule has 0 amide bonds. The maximum absolute atomic E-state index is 12.0. The highest BCUT2D eigenvalue weighted by Gasteiger charge is 2.21. The molecule has 3 nitrogen and oxygen atoms in total. The zero-order valence-electron chi connectivity index (χ0n) is 11.1. The maximum atomic E-state index is 12.0. The number of anilines is 1. The summed E-state index contributed by atoms with van der Waals surface area (Å²) in [5.41, 5.74) is 1.51. The SMILES string of the molecule is COC(=O)C(Nc1ccc(Cl)c(Br)c1)c1ccc(Cl)cc1. The van der Waals surface area contributed by atoms with Crippen molar-refractivity contribution in [3.8, 4) is 0 Å². The van der Waals surface area contributed by atoms with Crippen molar-refractivity contribution in [3.63, 3.8) is 0 Å². The van der Waals surface area contributed by atoms with E-state index in [0.29, 0.717) is 10.0 Å². The van der Waals surface area contributed by atoms with Crippen LogP contribution in [0.3, 0.4) is 0 Å². The van der Waals surface area contributed by atoms with Crippen LogP contribution in [0.15, 0.2) is 46.9 Å². The number of hydrogen-bond acceptors (Lipinski definition) is 3. The number of halogens is 3. The van der Waals surface area contributed by atoms with Gasteiger partial charge in [0.25, 0.3) is 0 Å². The fourth-order valence-corrected chi connectivity index (χ4v) is 2.43. The van der Waals surface area contributed by atoms with Crippen LogP contribution in [-0.2, 0) is 9.53 Å². The van der Waals surface area contributed by atoms with Crippen LogP contribution in [0.25, 0.3) is 0 Å². The van der Waals surface area contributed by atoms with Gasteiger partial charge in [-0.15, -0.1) is 0 Å². The Morgan fingerprint density at radius 2 is 1.86 bits per heavy atom. The summed E-state index contributed by atoms with van der Waals surface area (Å²) in [6, 6.07) is 11.7. The Balaban J connectivity index is 2.30. The molecule has 0 heterocycles. The number of rotatable bonds is 4. The largest absolute Gasteiger partial charge is 0.467 e. The summed E-state index contributed by atoms with van der Waals surface area (Å²) in [5.74, 6) is -0.386. The van der Waals surface area contributed by atoms with E-state index in [1.165, 1.54) is 7.11 Å². The number of carbonyl (C=O) groups excluding carboxylic acids is 1. The van der Waals surface area contributed by atoms with E-state index < -0.39 is 6.04 Å². The molecule has 0 spiro atoms. The molecule has 0 aromatic heterocycles. The summed E-state index contributed by atoms with van der Waals surface area (Å²) < 4.78 is 5.60. The van der Waals surface area contributed by atoms with Crippen molar-refractivity contribution in [2.75, 3.05) is 12.4 Å². The predicted molar refractivity (Wildman–Crippen MR) is 89.0 cm³/mol. The minimum absolute atomic E-state index is 0.386. The van der Waals surface area contributed by atoms with E-state index in [4.69, 9.17) is 27.9 Å². The number of nitrogens with one attached hydrogen (secondary N) is 1. The summed E-state index contributed by atoms with van der Waals surface area (Å²) in [6.45, 7) is 0. The smallest absolute Gasteiger partial charge is 0.332 e. The van der Waals surface area contributed by atoms with Crippen molar-refractivity contribution < 1.29 is 9.53 Å². The molecule has 0 radical (unpaired) electrons. The zero-order valence-corrected chi connectivity index (χ0v) is 14.2. The second kappa shape index (κ2) is 7.16. The quantitative estimate of drug-likeness (QED) is 0.742. The lowest BCUT2D eigenvalue weighted by Crippen LogP contribution is -2.22. The highest BCUT2D eigenvalue weighted by Crippen LogP contribution is 2.28. The molecule has 0 saturated carbocycles. The van der Waals surface area contributed by atoms with Crippen LogP contribution in [0.5, 0.6) is 0 Å². The summed E-state index contributed by atoms with van der Waals surface area (Å²) in [7, 11) is 1.35. The Kier molecular flexibility index (Phi) is 5.51. The Hall–Kier alpha value is -1.23. The number of benzene rings is 2. The van der Waals surface area contributed by atoms with Gasteiger partial charge in [-0.25, -0.2) is 4.79 Å². The Bertz CT molecular complexity index is 647. The molecular formula is C15H12BrCl2NO2. The highest BCUT2D eigenvalue weighted by molar-refractivity contribution is 9.10. The summed E-state index contributed by atoms with van der Waals surface area (Å²) in [4.78, 5) is 12.0. The first-order valence-corrected chi connectivity index (χ1v) is 7.61. The van der Waals surface area contributed by atoms with Gasteiger partial charge in [-0.05, 0) is 51.8 Å². The molecule has 0 bridgehead atoms.